The molecule has 2 aromatic carbocycles. The van der Waals surface area contributed by atoms with Crippen LogP contribution in [0.15, 0.2) is 61.2 Å². The summed E-state index contributed by atoms with van der Waals surface area (Å²) in [6.07, 6.45) is -2.11. The normalized spacial score (nSPS) is 12.4. The minimum absolute atomic E-state index is 0.154. The summed E-state index contributed by atoms with van der Waals surface area (Å²) >= 11 is 0. The Hall–Kier alpha value is -2.60. The van der Waals surface area contributed by atoms with Crippen LogP contribution in [0.4, 0.5) is 13.2 Å². The van der Waals surface area contributed by atoms with Crippen LogP contribution in [0.3, 0.4) is 0 Å². The van der Waals surface area contributed by atoms with Gasteiger partial charge in [-0.15, -0.1) is 19.8 Å². The molecule has 0 bridgehead atoms. The molecular weight excluding hydrogens is 357 g/mol. The van der Waals surface area contributed by atoms with Crippen molar-refractivity contribution in [2.24, 2.45) is 0 Å². The highest BCUT2D eigenvalue weighted by atomic mass is 19.4. The van der Waals surface area contributed by atoms with E-state index in [9.17, 15) is 18.0 Å². The van der Waals surface area contributed by atoms with Gasteiger partial charge in [-0.25, -0.2) is 4.79 Å². The maximum Gasteiger partial charge on any atom is 0.523 e. The van der Waals surface area contributed by atoms with Gasteiger partial charge in [-0.1, -0.05) is 37.3 Å². The number of hydrogen-bond acceptors (Lipinski definition) is 3. The van der Waals surface area contributed by atoms with Crippen molar-refractivity contribution in [1.82, 2.24) is 0 Å². The minimum atomic E-state index is -4.71. The number of ether oxygens (including phenoxy) is 2. The molecule has 0 spiro atoms. The smallest absolute Gasteiger partial charge is 0.423 e. The Bertz CT molecular complexity index is 750. The summed E-state index contributed by atoms with van der Waals surface area (Å²) < 4.78 is 46.7. The second-order valence-electron chi connectivity index (χ2n) is 5.94. The standard InChI is InChI=1S/C21H21F3O3/c1-3-5-6-15-7-13-18(14-8-15)26-20(25)17-11-9-16(10-12-17)19(4-2)27-21(22,23)24/h3,7-14,19H,1,4-6H2,2H3. The third-order valence-corrected chi connectivity index (χ3v) is 3.94. The van der Waals surface area contributed by atoms with Gasteiger partial charge in [0.15, 0.2) is 0 Å². The first-order valence-electron chi connectivity index (χ1n) is 8.59. The van der Waals surface area contributed by atoms with Gasteiger partial charge in [0, 0.05) is 0 Å². The lowest BCUT2D eigenvalue weighted by Gasteiger charge is -2.18. The van der Waals surface area contributed by atoms with Crippen molar-refractivity contribution in [2.45, 2.75) is 38.7 Å². The number of carbonyl (C=O) groups excluding carboxylic acids is 1. The van der Waals surface area contributed by atoms with Gasteiger partial charge < -0.3 is 4.74 Å². The number of benzene rings is 2. The van der Waals surface area contributed by atoms with Crippen molar-refractivity contribution in [3.8, 4) is 5.75 Å². The van der Waals surface area contributed by atoms with E-state index in [4.69, 9.17) is 4.74 Å². The van der Waals surface area contributed by atoms with Gasteiger partial charge in [0.25, 0.3) is 0 Å². The maximum absolute atomic E-state index is 12.4. The van der Waals surface area contributed by atoms with Crippen LogP contribution in [0.1, 0.15) is 47.4 Å². The van der Waals surface area contributed by atoms with E-state index >= 15 is 0 Å². The molecule has 1 atom stereocenters. The van der Waals surface area contributed by atoms with Crippen LogP contribution in [0.2, 0.25) is 0 Å². The molecule has 1 unspecified atom stereocenters. The molecule has 0 fully saturated rings. The number of allylic oxidation sites excluding steroid dienone is 1. The van der Waals surface area contributed by atoms with E-state index in [1.807, 2.05) is 18.2 Å². The van der Waals surface area contributed by atoms with Crippen LogP contribution >= 0.6 is 0 Å². The molecule has 0 aliphatic carbocycles. The molecule has 27 heavy (non-hydrogen) atoms. The second-order valence-corrected chi connectivity index (χ2v) is 5.94. The molecule has 0 saturated carbocycles. The highest BCUT2D eigenvalue weighted by molar-refractivity contribution is 5.91. The Balaban J connectivity index is 2.01. The summed E-state index contributed by atoms with van der Waals surface area (Å²) in [5.41, 5.74) is 1.70. The fourth-order valence-electron chi connectivity index (χ4n) is 2.54. The third kappa shape index (κ3) is 6.57. The van der Waals surface area contributed by atoms with Crippen LogP contribution in [0, 0.1) is 0 Å². The number of alkyl halides is 3. The van der Waals surface area contributed by atoms with Crippen LogP contribution in [-0.2, 0) is 11.2 Å². The van der Waals surface area contributed by atoms with E-state index in [1.165, 1.54) is 24.3 Å². The van der Waals surface area contributed by atoms with Crippen molar-refractivity contribution >= 4 is 5.97 Å². The zero-order chi connectivity index (χ0) is 19.9. The average Bonchev–Trinajstić information content (AvgIpc) is 2.65. The largest absolute Gasteiger partial charge is 0.523 e. The molecule has 0 N–H and O–H groups in total. The van der Waals surface area contributed by atoms with Crippen molar-refractivity contribution in [2.75, 3.05) is 0 Å². The Morgan fingerprint density at radius 3 is 2.26 bits per heavy atom. The first kappa shape index (κ1) is 20.7. The fraction of sp³-hybridized carbons (Fsp3) is 0.286. The molecule has 144 valence electrons. The lowest BCUT2D eigenvalue weighted by atomic mass is 10.1. The Kier molecular flexibility index (Phi) is 7.19. The van der Waals surface area contributed by atoms with Crippen LogP contribution in [0.5, 0.6) is 5.75 Å². The van der Waals surface area contributed by atoms with E-state index < -0.39 is 18.4 Å². The van der Waals surface area contributed by atoms with E-state index in [-0.39, 0.29) is 12.0 Å². The summed E-state index contributed by atoms with van der Waals surface area (Å²) in [5, 5.41) is 0. The minimum Gasteiger partial charge on any atom is -0.423 e. The van der Waals surface area contributed by atoms with Gasteiger partial charge in [0.05, 0.1) is 11.7 Å². The molecule has 0 aliphatic heterocycles. The summed E-state index contributed by atoms with van der Waals surface area (Å²) in [4.78, 5) is 12.2. The summed E-state index contributed by atoms with van der Waals surface area (Å²) in [6, 6.07) is 12.9. The van der Waals surface area contributed by atoms with Crippen LogP contribution in [0.25, 0.3) is 0 Å². The average molecular weight is 378 g/mol. The Labute approximate surface area is 156 Å². The maximum atomic E-state index is 12.4. The number of hydrogen-bond donors (Lipinski definition) is 0. The molecule has 2 rings (SSSR count). The molecule has 0 aromatic heterocycles. The monoisotopic (exact) mass is 378 g/mol. The molecule has 0 aliphatic rings. The SMILES string of the molecule is C=CCCc1ccc(OC(=O)c2ccc(C(CC)OC(F)(F)F)cc2)cc1. The Morgan fingerprint density at radius 2 is 1.74 bits per heavy atom. The second kappa shape index (κ2) is 9.37. The topological polar surface area (TPSA) is 35.5 Å². The molecular formula is C21H21F3O3. The molecule has 3 nitrogen and oxygen atoms in total. The molecule has 2 aromatic rings. The molecule has 0 radical (unpaired) electrons. The number of halogens is 3. The molecule has 0 heterocycles. The number of aryl methyl sites for hydroxylation is 1. The first-order chi connectivity index (χ1) is 12.8. The predicted octanol–water partition coefficient (Wildman–Crippen LogP) is 6.01. The fourth-order valence-corrected chi connectivity index (χ4v) is 2.54. The highest BCUT2D eigenvalue weighted by Crippen LogP contribution is 2.30. The van der Waals surface area contributed by atoms with Gasteiger partial charge >= 0.3 is 12.3 Å². The predicted molar refractivity (Wildman–Crippen MR) is 96.5 cm³/mol. The van der Waals surface area contributed by atoms with Gasteiger partial charge in [-0.2, -0.15) is 0 Å². The highest BCUT2D eigenvalue weighted by Gasteiger charge is 2.33. The van der Waals surface area contributed by atoms with Crippen molar-refractivity contribution < 1.29 is 27.4 Å². The van der Waals surface area contributed by atoms with Crippen molar-refractivity contribution in [3.63, 3.8) is 0 Å². The number of carbonyl (C=O) groups is 1. The summed E-state index contributed by atoms with van der Waals surface area (Å²) in [7, 11) is 0. The summed E-state index contributed by atoms with van der Waals surface area (Å²) in [5.74, 6) is -0.177. The lowest BCUT2D eigenvalue weighted by Crippen LogP contribution is -2.18. The zero-order valence-corrected chi connectivity index (χ0v) is 15.0. The van der Waals surface area contributed by atoms with Crippen LogP contribution < -0.4 is 4.74 Å². The third-order valence-electron chi connectivity index (χ3n) is 3.94. The van der Waals surface area contributed by atoms with Gasteiger partial charge in [-0.3, -0.25) is 4.74 Å². The number of rotatable bonds is 8. The van der Waals surface area contributed by atoms with E-state index in [1.54, 1.807) is 19.1 Å². The van der Waals surface area contributed by atoms with E-state index in [0.717, 1.165) is 18.4 Å². The number of esters is 1. The van der Waals surface area contributed by atoms with Crippen LogP contribution in [-0.4, -0.2) is 12.3 Å². The summed E-state index contributed by atoms with van der Waals surface area (Å²) in [6.45, 7) is 5.27. The zero-order valence-electron chi connectivity index (χ0n) is 15.0. The van der Waals surface area contributed by atoms with E-state index in [2.05, 4.69) is 11.3 Å². The Morgan fingerprint density at radius 1 is 1.11 bits per heavy atom. The van der Waals surface area contributed by atoms with Gasteiger partial charge in [0.2, 0.25) is 0 Å². The van der Waals surface area contributed by atoms with Gasteiger partial charge in [-0.05, 0) is 54.7 Å². The van der Waals surface area contributed by atoms with E-state index in [0.29, 0.717) is 11.3 Å². The van der Waals surface area contributed by atoms with Crippen molar-refractivity contribution in [1.29, 1.82) is 0 Å². The molecule has 6 heteroatoms. The quantitative estimate of drug-likeness (QED) is 0.320. The lowest BCUT2D eigenvalue weighted by molar-refractivity contribution is -0.345. The molecule has 0 amide bonds. The van der Waals surface area contributed by atoms with Gasteiger partial charge in [0.1, 0.15) is 5.75 Å². The van der Waals surface area contributed by atoms with Crippen molar-refractivity contribution in [3.05, 3.63) is 77.9 Å². The first-order valence-corrected chi connectivity index (χ1v) is 8.59. The molecule has 0 saturated heterocycles.